The Balaban J connectivity index is 1.76. The van der Waals surface area contributed by atoms with Crippen LogP contribution in [-0.4, -0.2) is 35.3 Å². The maximum atomic E-state index is 12.6. The molecule has 29 heavy (non-hydrogen) atoms. The van der Waals surface area contributed by atoms with Gasteiger partial charge in [-0.15, -0.1) is 0 Å². The SMILES string of the molecule is CCN(CC)c1ccc(/C=N\NC(=O)c2cc3cccc(C)c3nc2C)c(O)c1. The van der Waals surface area contributed by atoms with E-state index in [1.54, 1.807) is 12.1 Å². The van der Waals surface area contributed by atoms with E-state index >= 15 is 0 Å². The van der Waals surface area contributed by atoms with Gasteiger partial charge in [0.05, 0.1) is 23.0 Å². The van der Waals surface area contributed by atoms with Gasteiger partial charge in [-0.3, -0.25) is 9.78 Å². The van der Waals surface area contributed by atoms with Crippen LogP contribution in [0.2, 0.25) is 0 Å². The minimum absolute atomic E-state index is 0.117. The van der Waals surface area contributed by atoms with Crippen LogP contribution in [0.25, 0.3) is 10.9 Å². The molecule has 0 saturated heterocycles. The fraction of sp³-hybridized carbons (Fsp3) is 0.261. The highest BCUT2D eigenvalue weighted by atomic mass is 16.3. The van der Waals surface area contributed by atoms with Gasteiger partial charge >= 0.3 is 0 Å². The first kappa shape index (κ1) is 20.3. The summed E-state index contributed by atoms with van der Waals surface area (Å²) in [5.41, 5.74) is 7.08. The van der Waals surface area contributed by atoms with Crippen molar-refractivity contribution in [1.29, 1.82) is 0 Å². The number of nitrogens with zero attached hydrogens (tertiary/aromatic N) is 3. The Labute approximate surface area is 170 Å². The van der Waals surface area contributed by atoms with E-state index in [1.165, 1.54) is 6.21 Å². The number of phenolic OH excluding ortho intramolecular Hbond substituents is 1. The lowest BCUT2D eigenvalue weighted by Gasteiger charge is -2.21. The van der Waals surface area contributed by atoms with Gasteiger partial charge in [-0.25, -0.2) is 5.43 Å². The molecule has 0 aliphatic carbocycles. The molecule has 2 aromatic carbocycles. The van der Waals surface area contributed by atoms with Gasteiger partial charge in [-0.1, -0.05) is 18.2 Å². The Hall–Kier alpha value is -3.41. The lowest BCUT2D eigenvalue weighted by Crippen LogP contribution is -2.21. The number of hydrogen-bond donors (Lipinski definition) is 2. The average molecular weight is 390 g/mol. The molecule has 6 nitrogen and oxygen atoms in total. The third-order valence-electron chi connectivity index (χ3n) is 5.00. The summed E-state index contributed by atoms with van der Waals surface area (Å²) in [6.07, 6.45) is 1.44. The molecule has 3 rings (SSSR count). The third-order valence-corrected chi connectivity index (χ3v) is 5.00. The number of phenols is 1. The predicted octanol–water partition coefficient (Wildman–Crippen LogP) is 4.17. The van der Waals surface area contributed by atoms with Gasteiger partial charge in [0.1, 0.15) is 5.75 Å². The van der Waals surface area contributed by atoms with Crippen LogP contribution in [0.15, 0.2) is 47.6 Å². The van der Waals surface area contributed by atoms with Gasteiger partial charge in [0.15, 0.2) is 0 Å². The second kappa shape index (κ2) is 8.73. The van der Waals surface area contributed by atoms with Gasteiger partial charge in [0, 0.05) is 35.8 Å². The minimum atomic E-state index is -0.339. The Kier molecular flexibility index (Phi) is 6.12. The Morgan fingerprint density at radius 1 is 1.17 bits per heavy atom. The highest BCUT2D eigenvalue weighted by Crippen LogP contribution is 2.23. The van der Waals surface area contributed by atoms with Crippen LogP contribution in [0.4, 0.5) is 5.69 Å². The summed E-state index contributed by atoms with van der Waals surface area (Å²) in [4.78, 5) is 19.3. The van der Waals surface area contributed by atoms with Crippen LogP contribution in [0, 0.1) is 13.8 Å². The van der Waals surface area contributed by atoms with Crippen LogP contribution in [0.5, 0.6) is 5.75 Å². The third kappa shape index (κ3) is 4.37. The molecule has 1 aromatic heterocycles. The fourth-order valence-corrected chi connectivity index (χ4v) is 3.32. The van der Waals surface area contributed by atoms with Crippen LogP contribution in [0.1, 0.15) is 41.0 Å². The second-order valence-corrected chi connectivity index (χ2v) is 6.88. The molecule has 150 valence electrons. The summed E-state index contributed by atoms with van der Waals surface area (Å²) < 4.78 is 0. The number of anilines is 1. The molecule has 1 amide bonds. The van der Waals surface area contributed by atoms with Crippen molar-refractivity contribution >= 4 is 28.7 Å². The maximum absolute atomic E-state index is 12.6. The lowest BCUT2D eigenvalue weighted by atomic mass is 10.1. The summed E-state index contributed by atoms with van der Waals surface area (Å²) in [6, 6.07) is 13.1. The van der Waals surface area contributed by atoms with E-state index in [4.69, 9.17) is 0 Å². The molecule has 3 aromatic rings. The normalized spacial score (nSPS) is 11.2. The summed E-state index contributed by atoms with van der Waals surface area (Å²) in [6.45, 7) is 9.65. The summed E-state index contributed by atoms with van der Waals surface area (Å²) in [5.74, 6) is -0.222. The number of carbonyl (C=O) groups is 1. The Morgan fingerprint density at radius 2 is 1.93 bits per heavy atom. The summed E-state index contributed by atoms with van der Waals surface area (Å²) in [5, 5.41) is 15.2. The molecule has 0 saturated carbocycles. The summed E-state index contributed by atoms with van der Waals surface area (Å²) in [7, 11) is 0. The number of hydrazone groups is 1. The number of fused-ring (bicyclic) bond motifs is 1. The number of aromatic nitrogens is 1. The van der Waals surface area contributed by atoms with Crippen LogP contribution >= 0.6 is 0 Å². The van der Waals surface area contributed by atoms with E-state index in [2.05, 4.69) is 34.3 Å². The predicted molar refractivity (Wildman–Crippen MR) is 118 cm³/mol. The van der Waals surface area contributed by atoms with Crippen molar-refractivity contribution in [2.75, 3.05) is 18.0 Å². The number of amides is 1. The largest absolute Gasteiger partial charge is 0.507 e. The highest BCUT2D eigenvalue weighted by molar-refractivity contribution is 5.99. The minimum Gasteiger partial charge on any atom is -0.507 e. The Morgan fingerprint density at radius 3 is 2.62 bits per heavy atom. The van der Waals surface area contributed by atoms with Crippen LogP contribution < -0.4 is 10.3 Å². The molecule has 1 heterocycles. The van der Waals surface area contributed by atoms with Crippen molar-refractivity contribution in [3.63, 3.8) is 0 Å². The number of aromatic hydroxyl groups is 1. The molecule has 0 radical (unpaired) electrons. The number of pyridine rings is 1. The molecule has 0 atom stereocenters. The van der Waals surface area contributed by atoms with Gasteiger partial charge in [0.25, 0.3) is 5.91 Å². The first-order chi connectivity index (χ1) is 13.9. The van der Waals surface area contributed by atoms with Crippen LogP contribution in [0.3, 0.4) is 0 Å². The van der Waals surface area contributed by atoms with Gasteiger partial charge in [0.2, 0.25) is 0 Å². The quantitative estimate of drug-likeness (QED) is 0.489. The van der Waals surface area contributed by atoms with E-state index in [0.717, 1.165) is 35.2 Å². The number of carbonyl (C=O) groups excluding carboxylic acids is 1. The molecule has 0 spiro atoms. The standard InChI is InChI=1S/C23H26N4O2/c1-5-27(6-2)19-11-10-18(21(28)13-19)14-24-26-23(29)20-12-17-9-7-8-15(3)22(17)25-16(20)4/h7-14,28H,5-6H2,1-4H3,(H,26,29)/b24-14-. The first-order valence-corrected chi connectivity index (χ1v) is 9.73. The molecule has 0 bridgehead atoms. The van der Waals surface area contributed by atoms with E-state index in [9.17, 15) is 9.90 Å². The van der Waals surface area contributed by atoms with Crippen molar-refractivity contribution < 1.29 is 9.90 Å². The molecular formula is C23H26N4O2. The zero-order valence-electron chi connectivity index (χ0n) is 17.2. The molecule has 0 fully saturated rings. The maximum Gasteiger partial charge on any atom is 0.273 e. The van der Waals surface area contributed by atoms with E-state index in [1.807, 2.05) is 44.2 Å². The molecule has 2 N–H and O–H groups in total. The van der Waals surface area contributed by atoms with Gasteiger partial charge in [-0.2, -0.15) is 5.10 Å². The molecule has 0 aliphatic rings. The zero-order chi connectivity index (χ0) is 21.0. The zero-order valence-corrected chi connectivity index (χ0v) is 17.2. The van der Waals surface area contributed by atoms with Gasteiger partial charge < -0.3 is 10.0 Å². The highest BCUT2D eigenvalue weighted by Gasteiger charge is 2.12. The summed E-state index contributed by atoms with van der Waals surface area (Å²) >= 11 is 0. The number of benzene rings is 2. The monoisotopic (exact) mass is 390 g/mol. The topological polar surface area (TPSA) is 77.8 Å². The van der Waals surface area contributed by atoms with E-state index in [0.29, 0.717) is 16.8 Å². The number of para-hydroxylation sites is 1. The molecule has 0 unspecified atom stereocenters. The van der Waals surface area contributed by atoms with Crippen molar-refractivity contribution in [3.05, 3.63) is 64.8 Å². The van der Waals surface area contributed by atoms with Crippen molar-refractivity contribution in [2.24, 2.45) is 5.10 Å². The second-order valence-electron chi connectivity index (χ2n) is 6.88. The fourth-order valence-electron chi connectivity index (χ4n) is 3.32. The average Bonchev–Trinajstić information content (AvgIpc) is 2.70. The number of hydrogen-bond acceptors (Lipinski definition) is 5. The van der Waals surface area contributed by atoms with E-state index in [-0.39, 0.29) is 11.7 Å². The number of rotatable bonds is 6. The smallest absolute Gasteiger partial charge is 0.273 e. The molecular weight excluding hydrogens is 364 g/mol. The lowest BCUT2D eigenvalue weighted by molar-refractivity contribution is 0.0954. The molecule has 0 aliphatic heterocycles. The van der Waals surface area contributed by atoms with Crippen molar-refractivity contribution in [2.45, 2.75) is 27.7 Å². The van der Waals surface area contributed by atoms with E-state index < -0.39 is 0 Å². The van der Waals surface area contributed by atoms with Crippen molar-refractivity contribution in [1.82, 2.24) is 10.4 Å². The number of nitrogens with one attached hydrogen (secondary N) is 1. The Bertz CT molecular complexity index is 1070. The van der Waals surface area contributed by atoms with Crippen LogP contribution in [-0.2, 0) is 0 Å². The van der Waals surface area contributed by atoms with Gasteiger partial charge in [-0.05, 0) is 51.5 Å². The van der Waals surface area contributed by atoms with Crippen molar-refractivity contribution in [3.8, 4) is 5.75 Å². The first-order valence-electron chi connectivity index (χ1n) is 9.73. The molecule has 6 heteroatoms. The number of aryl methyl sites for hydroxylation is 2.